The number of nitrogens with zero attached hydrogens (tertiary/aromatic N) is 1. The van der Waals surface area contributed by atoms with Gasteiger partial charge in [-0.3, -0.25) is 4.79 Å². The van der Waals surface area contributed by atoms with E-state index in [0.29, 0.717) is 42.1 Å². The third-order valence-electron chi connectivity index (χ3n) is 4.71. The van der Waals surface area contributed by atoms with Crippen molar-refractivity contribution in [3.8, 4) is 40.2 Å². The van der Waals surface area contributed by atoms with E-state index in [2.05, 4.69) is 6.07 Å². The van der Waals surface area contributed by atoms with Gasteiger partial charge in [-0.05, 0) is 29.3 Å². The number of phenolic OH excluding ortho intramolecular Hbond substituents is 1. The summed E-state index contributed by atoms with van der Waals surface area (Å²) in [5, 5.41) is 19.8. The Morgan fingerprint density at radius 2 is 1.93 bits per heavy atom. The smallest absolute Gasteiger partial charge is 0.161 e. The molecule has 4 rings (SSSR count). The molecule has 0 spiro atoms. The molecule has 0 amide bonds. The highest BCUT2D eigenvalue weighted by molar-refractivity contribution is 6.32. The summed E-state index contributed by atoms with van der Waals surface area (Å²) < 4.78 is 16.9. The topological polar surface area (TPSA) is 88.8 Å². The van der Waals surface area contributed by atoms with Crippen LogP contribution >= 0.6 is 11.6 Å². The molecule has 1 aliphatic heterocycles. The minimum atomic E-state index is -0.227. The quantitative estimate of drug-likeness (QED) is 0.598. The predicted molar refractivity (Wildman–Crippen MR) is 110 cm³/mol. The molecule has 0 saturated carbocycles. The van der Waals surface area contributed by atoms with Crippen LogP contribution in [0.15, 0.2) is 48.5 Å². The maximum absolute atomic E-state index is 10.9. The van der Waals surface area contributed by atoms with Crippen LogP contribution in [0.25, 0.3) is 11.1 Å². The molecule has 3 aromatic rings. The first-order valence-corrected chi connectivity index (χ1v) is 9.51. The van der Waals surface area contributed by atoms with Crippen LogP contribution < -0.4 is 14.2 Å². The summed E-state index contributed by atoms with van der Waals surface area (Å²) in [7, 11) is 0. The molecule has 0 bridgehead atoms. The number of rotatable bonds is 5. The van der Waals surface area contributed by atoms with E-state index in [-0.39, 0.29) is 28.7 Å². The first-order chi connectivity index (χ1) is 14.6. The van der Waals surface area contributed by atoms with Crippen LogP contribution in [0.5, 0.6) is 23.0 Å². The van der Waals surface area contributed by atoms with Gasteiger partial charge in [-0.15, -0.1) is 0 Å². The lowest BCUT2D eigenvalue weighted by Gasteiger charge is -2.19. The molecule has 0 fully saturated rings. The van der Waals surface area contributed by atoms with E-state index >= 15 is 0 Å². The normalized spacial score (nSPS) is 12.1. The molecule has 0 aliphatic carbocycles. The lowest BCUT2D eigenvalue weighted by molar-refractivity contribution is 0.112. The largest absolute Gasteiger partial charge is 0.507 e. The van der Waals surface area contributed by atoms with Gasteiger partial charge in [0.1, 0.15) is 37.4 Å². The number of aromatic hydroxyl groups is 1. The highest BCUT2D eigenvalue weighted by Crippen LogP contribution is 2.37. The van der Waals surface area contributed by atoms with Gasteiger partial charge in [0.05, 0.1) is 16.1 Å². The van der Waals surface area contributed by atoms with E-state index in [0.717, 1.165) is 11.1 Å². The molecule has 30 heavy (non-hydrogen) atoms. The molecule has 0 radical (unpaired) electrons. The predicted octanol–water partition coefficient (Wildman–Crippen LogP) is 4.75. The van der Waals surface area contributed by atoms with Crippen LogP contribution in [0.1, 0.15) is 21.5 Å². The fourth-order valence-corrected chi connectivity index (χ4v) is 3.45. The summed E-state index contributed by atoms with van der Waals surface area (Å²) in [4.78, 5) is 10.9. The molecule has 6 nitrogen and oxygen atoms in total. The van der Waals surface area contributed by atoms with Crippen molar-refractivity contribution in [3.63, 3.8) is 0 Å². The Morgan fingerprint density at radius 1 is 1.13 bits per heavy atom. The molecule has 150 valence electrons. The summed E-state index contributed by atoms with van der Waals surface area (Å²) in [6.07, 6.45) is 0.510. The van der Waals surface area contributed by atoms with Crippen molar-refractivity contribution < 1.29 is 24.1 Å². The fraction of sp³-hybridized carbons (Fsp3) is 0.130. The second-order valence-electron chi connectivity index (χ2n) is 6.56. The van der Waals surface area contributed by atoms with Crippen LogP contribution in [0.2, 0.25) is 5.02 Å². The SMILES string of the molecule is N#Cc1c(COc2cc(O)c(C=O)cc2Cl)cccc1-c1ccc2c(c1)OCCO2. The number of carbonyl (C=O) groups is 1. The maximum Gasteiger partial charge on any atom is 0.161 e. The van der Waals surface area contributed by atoms with Gasteiger partial charge < -0.3 is 19.3 Å². The number of halogens is 1. The van der Waals surface area contributed by atoms with Gasteiger partial charge in [0.25, 0.3) is 0 Å². The van der Waals surface area contributed by atoms with E-state index in [1.165, 1.54) is 12.1 Å². The van der Waals surface area contributed by atoms with E-state index in [4.69, 9.17) is 25.8 Å². The van der Waals surface area contributed by atoms with Crippen LogP contribution in [0.4, 0.5) is 0 Å². The van der Waals surface area contributed by atoms with E-state index in [1.807, 2.05) is 30.3 Å². The van der Waals surface area contributed by atoms with Crippen molar-refractivity contribution in [2.75, 3.05) is 13.2 Å². The molecule has 0 atom stereocenters. The minimum Gasteiger partial charge on any atom is -0.507 e. The number of hydrogen-bond donors (Lipinski definition) is 1. The van der Waals surface area contributed by atoms with E-state index in [9.17, 15) is 15.2 Å². The van der Waals surface area contributed by atoms with Crippen molar-refractivity contribution in [1.82, 2.24) is 0 Å². The summed E-state index contributed by atoms with van der Waals surface area (Å²) in [6, 6.07) is 15.9. The third-order valence-corrected chi connectivity index (χ3v) is 5.00. The number of phenols is 1. The van der Waals surface area contributed by atoms with Gasteiger partial charge >= 0.3 is 0 Å². The number of benzene rings is 3. The van der Waals surface area contributed by atoms with Crippen molar-refractivity contribution >= 4 is 17.9 Å². The Bertz CT molecular complexity index is 1170. The second kappa shape index (κ2) is 8.36. The molecular weight excluding hydrogens is 406 g/mol. The number of ether oxygens (including phenoxy) is 3. The number of hydrogen-bond acceptors (Lipinski definition) is 6. The first kappa shape index (κ1) is 19.6. The highest BCUT2D eigenvalue weighted by atomic mass is 35.5. The average Bonchev–Trinajstić information content (AvgIpc) is 2.78. The standard InChI is InChI=1S/C23H16ClNO5/c24-19-8-16(12-26)20(27)10-22(19)30-13-15-2-1-3-17(18(15)11-25)14-4-5-21-23(9-14)29-7-6-28-21/h1-5,8-10,12,27H,6-7,13H2. The van der Waals surface area contributed by atoms with Crippen LogP contribution in [-0.4, -0.2) is 24.6 Å². The van der Waals surface area contributed by atoms with Gasteiger partial charge in [-0.25, -0.2) is 0 Å². The van der Waals surface area contributed by atoms with Crippen molar-refractivity contribution in [2.45, 2.75) is 6.61 Å². The Hall–Kier alpha value is -3.69. The van der Waals surface area contributed by atoms with Gasteiger partial charge in [-0.2, -0.15) is 5.26 Å². The van der Waals surface area contributed by atoms with E-state index < -0.39 is 0 Å². The first-order valence-electron chi connectivity index (χ1n) is 9.13. The van der Waals surface area contributed by atoms with Gasteiger partial charge in [0.2, 0.25) is 0 Å². The molecule has 1 heterocycles. The fourth-order valence-electron chi connectivity index (χ4n) is 3.22. The zero-order valence-corrected chi connectivity index (χ0v) is 16.5. The lowest BCUT2D eigenvalue weighted by atomic mass is 9.96. The zero-order chi connectivity index (χ0) is 21.1. The van der Waals surface area contributed by atoms with E-state index in [1.54, 1.807) is 6.07 Å². The Labute approximate surface area is 177 Å². The number of carbonyl (C=O) groups excluding carboxylic acids is 1. The maximum atomic E-state index is 10.9. The van der Waals surface area contributed by atoms with Crippen molar-refractivity contribution in [2.24, 2.45) is 0 Å². The molecule has 1 N–H and O–H groups in total. The molecule has 0 aromatic heterocycles. The molecule has 0 unspecified atom stereocenters. The van der Waals surface area contributed by atoms with Crippen LogP contribution in [0.3, 0.4) is 0 Å². The molecule has 7 heteroatoms. The number of nitriles is 1. The summed E-state index contributed by atoms with van der Waals surface area (Å²) in [5.74, 6) is 1.31. The number of aldehydes is 1. The molecule has 3 aromatic carbocycles. The van der Waals surface area contributed by atoms with Crippen molar-refractivity contribution in [1.29, 1.82) is 5.26 Å². The second-order valence-corrected chi connectivity index (χ2v) is 6.97. The Balaban J connectivity index is 1.64. The molecule has 0 saturated heterocycles. The monoisotopic (exact) mass is 421 g/mol. The van der Waals surface area contributed by atoms with Crippen LogP contribution in [-0.2, 0) is 6.61 Å². The Kier molecular flexibility index (Phi) is 5.46. The third kappa shape index (κ3) is 3.76. The van der Waals surface area contributed by atoms with Gasteiger partial charge in [0, 0.05) is 11.6 Å². The van der Waals surface area contributed by atoms with Gasteiger partial charge in [-0.1, -0.05) is 35.9 Å². The molecule has 1 aliphatic rings. The van der Waals surface area contributed by atoms with Crippen molar-refractivity contribution in [3.05, 3.63) is 70.2 Å². The Morgan fingerprint density at radius 3 is 2.70 bits per heavy atom. The van der Waals surface area contributed by atoms with Crippen LogP contribution in [0, 0.1) is 11.3 Å². The minimum absolute atomic E-state index is 0.0564. The average molecular weight is 422 g/mol. The molecular formula is C23H16ClNO5. The highest BCUT2D eigenvalue weighted by Gasteiger charge is 2.16. The van der Waals surface area contributed by atoms with Gasteiger partial charge in [0.15, 0.2) is 17.8 Å². The zero-order valence-electron chi connectivity index (χ0n) is 15.7. The summed E-state index contributed by atoms with van der Waals surface area (Å²) in [5.41, 5.74) is 2.74. The number of fused-ring (bicyclic) bond motifs is 1. The lowest BCUT2D eigenvalue weighted by Crippen LogP contribution is -2.15. The summed E-state index contributed by atoms with van der Waals surface area (Å²) in [6.45, 7) is 1.04. The summed E-state index contributed by atoms with van der Waals surface area (Å²) >= 11 is 6.13.